The Morgan fingerprint density at radius 2 is 1.83 bits per heavy atom. The number of unbranched alkanes of at least 4 members (excludes halogenated alkanes) is 1. The summed E-state index contributed by atoms with van der Waals surface area (Å²) in [5, 5.41) is 11.5. The molecule has 1 atom stereocenters. The predicted molar refractivity (Wildman–Crippen MR) is 157 cm³/mol. The maximum atomic E-state index is 13.5. The lowest BCUT2D eigenvalue weighted by Crippen LogP contribution is -2.42. The smallest absolute Gasteiger partial charge is 0.295 e. The van der Waals surface area contributed by atoms with Crippen LogP contribution in [0.2, 0.25) is 0 Å². The van der Waals surface area contributed by atoms with Crippen LogP contribution in [0.15, 0.2) is 54.6 Å². The molecule has 41 heavy (non-hydrogen) atoms. The van der Waals surface area contributed by atoms with Gasteiger partial charge in [0.15, 0.2) is 11.5 Å². The van der Waals surface area contributed by atoms with Gasteiger partial charge in [-0.25, -0.2) is 0 Å². The number of aliphatic hydroxyl groups excluding tert-OH is 1. The van der Waals surface area contributed by atoms with Crippen LogP contribution in [-0.2, 0) is 14.3 Å². The largest absolute Gasteiger partial charge is 0.507 e. The Kier molecular flexibility index (Phi) is 10.4. The first-order valence-corrected chi connectivity index (χ1v) is 14.1. The number of aliphatic hydroxyl groups is 1. The van der Waals surface area contributed by atoms with E-state index in [2.05, 4.69) is 18.4 Å². The topological polar surface area (TPSA) is 97.8 Å². The van der Waals surface area contributed by atoms with Gasteiger partial charge in [-0.3, -0.25) is 14.5 Å². The highest BCUT2D eigenvalue weighted by Gasteiger charge is 2.46. The number of morpholine rings is 1. The minimum Gasteiger partial charge on any atom is -0.507 e. The van der Waals surface area contributed by atoms with Crippen LogP contribution in [0.25, 0.3) is 5.76 Å². The number of rotatable bonds is 13. The standard InChI is InChI=1S/C32H40N2O7/c1-5-7-17-41-26-11-8-23(21-27(26)38-4)29-28(30(35)24-9-10-25(22(3)20-24)40-16-6-2)31(36)32(37)34(29)13-12-33-14-18-39-19-15-33/h6,8-11,20-21,29,35H,2,5,7,12-19H2,1,3-4H3. The van der Waals surface area contributed by atoms with E-state index in [1.807, 2.05) is 13.0 Å². The van der Waals surface area contributed by atoms with Crippen LogP contribution in [0.4, 0.5) is 0 Å². The molecular weight excluding hydrogens is 524 g/mol. The van der Waals surface area contributed by atoms with Gasteiger partial charge in [0.1, 0.15) is 18.1 Å². The quantitative estimate of drug-likeness (QED) is 0.125. The highest BCUT2D eigenvalue weighted by atomic mass is 16.5. The van der Waals surface area contributed by atoms with Crippen molar-refractivity contribution in [3.63, 3.8) is 0 Å². The fourth-order valence-corrected chi connectivity index (χ4v) is 5.09. The summed E-state index contributed by atoms with van der Waals surface area (Å²) in [6, 6.07) is 9.77. The number of aryl methyl sites for hydroxylation is 1. The molecule has 1 N–H and O–H groups in total. The number of hydrogen-bond donors (Lipinski definition) is 1. The number of benzene rings is 2. The summed E-state index contributed by atoms with van der Waals surface area (Å²) in [6.07, 6.45) is 3.56. The molecule has 2 aromatic rings. The molecule has 2 saturated heterocycles. The summed E-state index contributed by atoms with van der Waals surface area (Å²) in [5.41, 5.74) is 1.90. The third-order valence-corrected chi connectivity index (χ3v) is 7.36. The van der Waals surface area contributed by atoms with Gasteiger partial charge in [-0.05, 0) is 54.8 Å². The fourth-order valence-electron chi connectivity index (χ4n) is 5.09. The highest BCUT2D eigenvalue weighted by Crippen LogP contribution is 2.42. The number of methoxy groups -OCH3 is 1. The molecule has 220 valence electrons. The average molecular weight is 565 g/mol. The summed E-state index contributed by atoms with van der Waals surface area (Å²) in [5.74, 6) is 0.129. The van der Waals surface area contributed by atoms with E-state index < -0.39 is 17.7 Å². The number of hydrogen-bond acceptors (Lipinski definition) is 8. The Hall–Kier alpha value is -3.82. The molecule has 0 saturated carbocycles. The molecule has 1 unspecified atom stereocenters. The zero-order valence-corrected chi connectivity index (χ0v) is 24.2. The van der Waals surface area contributed by atoms with Gasteiger partial charge in [-0.2, -0.15) is 0 Å². The number of nitrogens with zero attached hydrogens (tertiary/aromatic N) is 2. The normalized spacial score (nSPS) is 18.9. The fraction of sp³-hybridized carbons (Fsp3) is 0.438. The maximum absolute atomic E-state index is 13.5. The number of carbonyl (C=O) groups excluding carboxylic acids is 2. The van der Waals surface area contributed by atoms with Crippen molar-refractivity contribution < 1.29 is 33.6 Å². The highest BCUT2D eigenvalue weighted by molar-refractivity contribution is 6.46. The van der Waals surface area contributed by atoms with Crippen LogP contribution in [0.5, 0.6) is 17.2 Å². The molecular formula is C32H40N2O7. The Balaban J connectivity index is 1.74. The molecule has 2 aromatic carbocycles. The summed E-state index contributed by atoms with van der Waals surface area (Å²) in [7, 11) is 1.56. The molecule has 2 aliphatic rings. The van der Waals surface area contributed by atoms with E-state index in [9.17, 15) is 14.7 Å². The molecule has 4 rings (SSSR count). The molecule has 2 fully saturated rings. The lowest BCUT2D eigenvalue weighted by atomic mass is 9.94. The van der Waals surface area contributed by atoms with Crippen molar-refractivity contribution in [2.75, 3.05) is 59.7 Å². The molecule has 2 aliphatic heterocycles. The minimum atomic E-state index is -0.799. The molecule has 0 aliphatic carbocycles. The molecule has 2 heterocycles. The Labute approximate surface area is 241 Å². The molecule has 0 aromatic heterocycles. The van der Waals surface area contributed by atoms with Crippen molar-refractivity contribution in [2.45, 2.75) is 32.7 Å². The van der Waals surface area contributed by atoms with Gasteiger partial charge >= 0.3 is 0 Å². The van der Waals surface area contributed by atoms with Gasteiger partial charge < -0.3 is 29.0 Å². The van der Waals surface area contributed by atoms with Crippen LogP contribution < -0.4 is 14.2 Å². The molecule has 0 spiro atoms. The Bertz CT molecular complexity index is 1280. The number of ketones is 1. The van der Waals surface area contributed by atoms with Gasteiger partial charge in [-0.1, -0.05) is 32.1 Å². The van der Waals surface area contributed by atoms with Crippen LogP contribution >= 0.6 is 0 Å². The molecule has 9 heteroatoms. The van der Waals surface area contributed by atoms with Crippen molar-refractivity contribution in [2.24, 2.45) is 0 Å². The van der Waals surface area contributed by atoms with Crippen molar-refractivity contribution in [1.82, 2.24) is 9.80 Å². The van der Waals surface area contributed by atoms with E-state index in [1.54, 1.807) is 48.4 Å². The zero-order valence-electron chi connectivity index (χ0n) is 24.2. The van der Waals surface area contributed by atoms with E-state index in [0.29, 0.717) is 67.9 Å². The average Bonchev–Trinajstić information content (AvgIpc) is 3.24. The number of amides is 1. The first-order chi connectivity index (χ1) is 19.9. The van der Waals surface area contributed by atoms with Gasteiger partial charge in [0.25, 0.3) is 11.7 Å². The van der Waals surface area contributed by atoms with E-state index in [0.717, 1.165) is 31.5 Å². The maximum Gasteiger partial charge on any atom is 0.295 e. The van der Waals surface area contributed by atoms with Crippen LogP contribution in [0.1, 0.15) is 42.5 Å². The first kappa shape index (κ1) is 30.1. The van der Waals surface area contributed by atoms with Gasteiger partial charge in [0.05, 0.1) is 38.5 Å². The number of likely N-dealkylation sites (tertiary alicyclic amines) is 1. The van der Waals surface area contributed by atoms with Crippen molar-refractivity contribution in [3.05, 3.63) is 71.3 Å². The van der Waals surface area contributed by atoms with E-state index in [-0.39, 0.29) is 11.3 Å². The third-order valence-electron chi connectivity index (χ3n) is 7.36. The lowest BCUT2D eigenvalue weighted by molar-refractivity contribution is -0.140. The van der Waals surface area contributed by atoms with Crippen LogP contribution in [0.3, 0.4) is 0 Å². The van der Waals surface area contributed by atoms with Crippen molar-refractivity contribution in [1.29, 1.82) is 0 Å². The van der Waals surface area contributed by atoms with Gasteiger partial charge in [-0.15, -0.1) is 0 Å². The van der Waals surface area contributed by atoms with Gasteiger partial charge in [0, 0.05) is 31.7 Å². The number of ether oxygens (including phenoxy) is 4. The summed E-state index contributed by atoms with van der Waals surface area (Å²) in [6.45, 7) is 12.2. The monoisotopic (exact) mass is 564 g/mol. The Morgan fingerprint density at radius 3 is 2.51 bits per heavy atom. The summed E-state index contributed by atoms with van der Waals surface area (Å²) in [4.78, 5) is 30.7. The first-order valence-electron chi connectivity index (χ1n) is 14.1. The second kappa shape index (κ2) is 14.2. The second-order valence-corrected chi connectivity index (χ2v) is 10.1. The van der Waals surface area contributed by atoms with Crippen LogP contribution in [-0.4, -0.2) is 86.3 Å². The summed E-state index contributed by atoms with van der Waals surface area (Å²) < 4.78 is 22.7. The predicted octanol–water partition coefficient (Wildman–Crippen LogP) is 4.50. The summed E-state index contributed by atoms with van der Waals surface area (Å²) >= 11 is 0. The number of Topliss-reactive ketones (excluding diaryl/α,β-unsaturated/α-hetero) is 1. The van der Waals surface area contributed by atoms with Crippen molar-refractivity contribution >= 4 is 17.4 Å². The second-order valence-electron chi connectivity index (χ2n) is 10.1. The molecule has 1 amide bonds. The number of carbonyl (C=O) groups is 2. The minimum absolute atomic E-state index is 0.0397. The van der Waals surface area contributed by atoms with Gasteiger partial charge in [0.2, 0.25) is 0 Å². The SMILES string of the molecule is C=CCOc1ccc(C(O)=C2C(=O)C(=O)N(CCN3CCOCC3)C2c2ccc(OCCCC)c(OC)c2)cc1C. The van der Waals surface area contributed by atoms with E-state index >= 15 is 0 Å². The van der Waals surface area contributed by atoms with Crippen molar-refractivity contribution in [3.8, 4) is 17.2 Å². The third kappa shape index (κ3) is 6.92. The molecule has 0 bridgehead atoms. The zero-order chi connectivity index (χ0) is 29.4. The molecule has 9 nitrogen and oxygen atoms in total. The van der Waals surface area contributed by atoms with E-state index in [4.69, 9.17) is 18.9 Å². The lowest BCUT2D eigenvalue weighted by Gasteiger charge is -2.31. The van der Waals surface area contributed by atoms with Crippen LogP contribution in [0, 0.1) is 6.92 Å². The molecule has 0 radical (unpaired) electrons. The van der Waals surface area contributed by atoms with E-state index in [1.165, 1.54) is 0 Å². The Morgan fingerprint density at radius 1 is 1.07 bits per heavy atom.